The van der Waals surface area contributed by atoms with Crippen LogP contribution in [0.2, 0.25) is 5.02 Å². The van der Waals surface area contributed by atoms with E-state index in [1.54, 1.807) is 11.1 Å². The predicted octanol–water partition coefficient (Wildman–Crippen LogP) is 8.22. The van der Waals surface area contributed by atoms with E-state index in [9.17, 15) is 0 Å². The van der Waals surface area contributed by atoms with Crippen LogP contribution in [0.15, 0.2) is 72.4 Å². The smallest absolute Gasteiger partial charge is 0.0405 e. The van der Waals surface area contributed by atoms with Gasteiger partial charge in [-0.1, -0.05) is 29.8 Å². The number of halogens is 1. The first-order chi connectivity index (χ1) is 12.7. The van der Waals surface area contributed by atoms with Crippen LogP contribution in [0, 0.1) is 0 Å². The maximum Gasteiger partial charge on any atom is 0.0405 e. The van der Waals surface area contributed by atoms with E-state index in [0.717, 1.165) is 5.02 Å². The van der Waals surface area contributed by atoms with Gasteiger partial charge in [-0.05, 0) is 12.1 Å². The summed E-state index contributed by atoms with van der Waals surface area (Å²) in [5, 5.41) is 0.794. The van der Waals surface area contributed by atoms with Gasteiger partial charge in [0.1, 0.15) is 0 Å². The molecule has 26 heavy (non-hydrogen) atoms. The van der Waals surface area contributed by atoms with Crippen molar-refractivity contribution in [2.75, 3.05) is 0 Å². The molecule has 1 aromatic carbocycles. The summed E-state index contributed by atoms with van der Waals surface area (Å²) in [4.78, 5) is 0. The van der Waals surface area contributed by atoms with E-state index in [1.165, 1.54) is 51.4 Å². The molecule has 0 N–H and O–H groups in total. The van der Waals surface area contributed by atoms with Gasteiger partial charge in [-0.25, -0.2) is 0 Å². The fourth-order valence-electron chi connectivity index (χ4n) is 3.16. The fourth-order valence-corrected chi connectivity index (χ4v) is 8.85. The molecule has 0 radical (unpaired) electrons. The molecule has 0 saturated heterocycles. The number of hydrogen-bond acceptors (Lipinski definition) is 0. The molecule has 0 aliphatic heterocycles. The van der Waals surface area contributed by atoms with Gasteiger partial charge in [-0.3, -0.25) is 0 Å². The summed E-state index contributed by atoms with van der Waals surface area (Å²) in [5.74, 6) is 0. The zero-order valence-corrected chi connectivity index (χ0v) is 20.6. The zero-order chi connectivity index (χ0) is 18.6. The zero-order valence-electron chi connectivity index (χ0n) is 16.2. The summed E-state index contributed by atoms with van der Waals surface area (Å²) in [6.07, 6.45) is 20.3. The average molecular weight is 533 g/mol. The maximum absolute atomic E-state index is 5.54. The maximum atomic E-state index is 5.54. The Bertz CT molecular complexity index is 625. The second-order valence-electron chi connectivity index (χ2n) is 6.85. The molecule has 2 aliphatic carbocycles. The molecule has 0 bridgehead atoms. The van der Waals surface area contributed by atoms with Gasteiger partial charge in [0.15, 0.2) is 0 Å². The summed E-state index contributed by atoms with van der Waals surface area (Å²) in [5.41, 5.74) is 3.44. The molecule has 2 aliphatic rings. The molecular weight excluding hydrogens is 502 g/mol. The predicted molar refractivity (Wildman–Crippen MR) is 112 cm³/mol. The van der Waals surface area contributed by atoms with Crippen molar-refractivity contribution in [2.24, 2.45) is 0 Å². The van der Waals surface area contributed by atoms with E-state index in [2.05, 4.69) is 38.2 Å². The Hall–Kier alpha value is -0.660. The van der Waals surface area contributed by atoms with Crippen molar-refractivity contribution < 1.29 is 22.9 Å². The molecule has 0 unspecified atom stereocenters. The number of rotatable bonds is 8. The fraction of sp³-hybridized carbons (Fsp3) is 0.417. The first kappa shape index (κ1) is 21.6. The minimum atomic E-state index is -0.707. The molecule has 3 rings (SSSR count). The van der Waals surface area contributed by atoms with Gasteiger partial charge in [-0.2, -0.15) is 0 Å². The topological polar surface area (TPSA) is 0 Å². The normalized spacial score (nSPS) is 15.5. The van der Waals surface area contributed by atoms with Crippen LogP contribution in [0.25, 0.3) is 0 Å². The van der Waals surface area contributed by atoms with Gasteiger partial charge in [0.25, 0.3) is 0 Å². The third-order valence-corrected chi connectivity index (χ3v) is 10.9. The first-order valence-electron chi connectivity index (χ1n) is 9.99. The molecule has 0 nitrogen and oxygen atoms in total. The Morgan fingerprint density at radius 1 is 0.808 bits per heavy atom. The van der Waals surface area contributed by atoms with Gasteiger partial charge < -0.3 is 0 Å². The van der Waals surface area contributed by atoms with Crippen LogP contribution in [-0.4, -0.2) is 0 Å². The average Bonchev–Trinajstić information content (AvgIpc) is 3.29. The Balaban J connectivity index is 0.000000290. The van der Waals surface area contributed by atoms with Gasteiger partial charge >= 0.3 is 130 Å². The third-order valence-electron chi connectivity index (χ3n) is 4.69. The van der Waals surface area contributed by atoms with Crippen LogP contribution in [0.3, 0.4) is 0 Å². The standard InChI is InChI=1S/2C9H13.C6H5Cl.Hf/c2*1-2-3-6-9-7-4-5-8-9;7-6-4-2-1-3-5-6;/h2*4,7H,2-3,5-6H2,1H3;1-5H;. The van der Waals surface area contributed by atoms with Gasteiger partial charge in [-0.15, -0.1) is 0 Å². The molecule has 0 saturated carbocycles. The van der Waals surface area contributed by atoms with Crippen LogP contribution >= 0.6 is 11.6 Å². The number of unbranched alkanes of at least 4 members (excludes halogenated alkanes) is 2. The molecule has 2 heteroatoms. The minimum Gasteiger partial charge on any atom is -0.0843 e. The van der Waals surface area contributed by atoms with Crippen LogP contribution in [0.5, 0.6) is 0 Å². The van der Waals surface area contributed by atoms with Crippen molar-refractivity contribution in [2.45, 2.75) is 65.2 Å². The van der Waals surface area contributed by atoms with Crippen molar-refractivity contribution in [3.63, 3.8) is 0 Å². The number of hydrogen-bond donors (Lipinski definition) is 0. The van der Waals surface area contributed by atoms with E-state index in [0.29, 0.717) is 0 Å². The Labute approximate surface area is 176 Å². The second kappa shape index (κ2) is 12.7. The van der Waals surface area contributed by atoms with Crippen molar-refractivity contribution in [3.8, 4) is 0 Å². The second-order valence-corrected chi connectivity index (χ2v) is 12.5. The van der Waals surface area contributed by atoms with Crippen LogP contribution in [0.1, 0.15) is 65.2 Å². The van der Waals surface area contributed by atoms with Crippen LogP contribution in [-0.2, 0) is 22.9 Å². The quantitative estimate of drug-likeness (QED) is 0.296. The molecule has 1 aromatic rings. The SMILES string of the molecule is CCCCC1=[C]([Hf][C]2=C(CCCC)C=CC2)CC=C1.Clc1ccccc1. The van der Waals surface area contributed by atoms with E-state index < -0.39 is 22.9 Å². The summed E-state index contributed by atoms with van der Waals surface area (Å²) in [7, 11) is 0. The first-order valence-corrected chi connectivity index (χ1v) is 14.0. The molecule has 0 atom stereocenters. The molecular formula is C24H31ClHf. The molecule has 0 amide bonds. The third kappa shape index (κ3) is 7.53. The van der Waals surface area contributed by atoms with Crippen molar-refractivity contribution >= 4 is 11.6 Å². The van der Waals surface area contributed by atoms with E-state index >= 15 is 0 Å². The van der Waals surface area contributed by atoms with Crippen LogP contribution < -0.4 is 0 Å². The van der Waals surface area contributed by atoms with Gasteiger partial charge in [0.2, 0.25) is 0 Å². The largest absolute Gasteiger partial charge is 0.0843 e. The van der Waals surface area contributed by atoms with E-state index in [1.807, 2.05) is 37.0 Å². The van der Waals surface area contributed by atoms with Crippen molar-refractivity contribution in [1.82, 2.24) is 0 Å². The van der Waals surface area contributed by atoms with Crippen LogP contribution in [0.4, 0.5) is 0 Å². The van der Waals surface area contributed by atoms with Gasteiger partial charge in [0, 0.05) is 5.02 Å². The van der Waals surface area contributed by atoms with Crippen molar-refractivity contribution in [3.05, 3.63) is 77.5 Å². The summed E-state index contributed by atoms with van der Waals surface area (Å²) in [6.45, 7) is 4.60. The molecule has 138 valence electrons. The molecule has 0 spiro atoms. The molecule has 0 aromatic heterocycles. The van der Waals surface area contributed by atoms with E-state index in [4.69, 9.17) is 11.6 Å². The Kier molecular flexibility index (Phi) is 10.6. The Morgan fingerprint density at radius 2 is 1.31 bits per heavy atom. The van der Waals surface area contributed by atoms with Crippen molar-refractivity contribution in [1.29, 1.82) is 0 Å². The Morgan fingerprint density at radius 3 is 1.69 bits per heavy atom. The molecule has 0 heterocycles. The summed E-state index contributed by atoms with van der Waals surface area (Å²) >= 11 is 4.83. The minimum absolute atomic E-state index is 0.707. The monoisotopic (exact) mass is 534 g/mol. The van der Waals surface area contributed by atoms with Gasteiger partial charge in [0.05, 0.1) is 0 Å². The van der Waals surface area contributed by atoms with E-state index in [-0.39, 0.29) is 0 Å². The summed E-state index contributed by atoms with van der Waals surface area (Å²) in [6, 6.07) is 9.44. The molecule has 0 fully saturated rings. The number of benzene rings is 1. The summed E-state index contributed by atoms with van der Waals surface area (Å²) < 4.78 is 3.78. The number of allylic oxidation sites excluding steroid dienone is 8.